The van der Waals surface area contributed by atoms with Gasteiger partial charge in [0.1, 0.15) is 17.2 Å². The zero-order chi connectivity index (χ0) is 15.0. The molecule has 0 aromatic heterocycles. The summed E-state index contributed by atoms with van der Waals surface area (Å²) in [5, 5.41) is 2.42. The fourth-order valence-electron chi connectivity index (χ4n) is 1.77. The van der Waals surface area contributed by atoms with Crippen LogP contribution < -0.4 is 21.5 Å². The first-order valence-electron chi connectivity index (χ1n) is 5.60. The summed E-state index contributed by atoms with van der Waals surface area (Å²) in [6.07, 6.45) is -3.86. The number of ether oxygens (including phenoxy) is 1. The predicted octanol–water partition coefficient (Wildman–Crippen LogP) is 1.17. The third-order valence-corrected chi connectivity index (χ3v) is 2.82. The number of alkyl halides is 3. The molecule has 0 saturated carbocycles. The maximum atomic E-state index is 12.6. The minimum absolute atomic E-state index is 0.428. The second kappa shape index (κ2) is 4.71. The predicted molar refractivity (Wildman–Crippen MR) is 67.8 cm³/mol. The highest BCUT2D eigenvalue weighted by Gasteiger charge is 2.41. The minimum Gasteiger partial charge on any atom is -0.497 e. The molecule has 0 amide bonds. The zero-order valence-electron chi connectivity index (χ0n) is 10.5. The molecule has 1 aliphatic rings. The Labute approximate surface area is 113 Å². The number of benzene rings is 1. The largest absolute Gasteiger partial charge is 0.497 e. The third-order valence-electron chi connectivity index (χ3n) is 2.82. The van der Waals surface area contributed by atoms with Gasteiger partial charge in [-0.1, -0.05) is 12.1 Å². The van der Waals surface area contributed by atoms with Crippen molar-refractivity contribution < 1.29 is 17.9 Å². The van der Waals surface area contributed by atoms with Gasteiger partial charge in [-0.2, -0.15) is 13.2 Å². The summed E-state index contributed by atoms with van der Waals surface area (Å²) in [5.74, 6) is -1.72. The molecule has 1 atom stereocenters. The topological polar surface area (TPSA) is 85.7 Å². The number of halogens is 3. The van der Waals surface area contributed by atoms with Crippen molar-refractivity contribution in [1.29, 1.82) is 0 Å². The van der Waals surface area contributed by atoms with Gasteiger partial charge in [0.05, 0.1) is 7.11 Å². The van der Waals surface area contributed by atoms with E-state index in [9.17, 15) is 13.2 Å². The van der Waals surface area contributed by atoms with Gasteiger partial charge in [0.25, 0.3) is 0 Å². The number of hydrogen-bond acceptors (Lipinski definition) is 5. The van der Waals surface area contributed by atoms with Gasteiger partial charge in [-0.05, 0) is 12.1 Å². The molecule has 1 aromatic carbocycles. The molecule has 0 spiro atoms. The van der Waals surface area contributed by atoms with Gasteiger partial charge in [0.15, 0.2) is 0 Å². The number of methoxy groups -OCH3 is 1. The minimum atomic E-state index is -4.59. The molecule has 0 bridgehead atoms. The average molecular weight is 286 g/mol. The van der Waals surface area contributed by atoms with Gasteiger partial charge >= 0.3 is 6.18 Å². The zero-order valence-corrected chi connectivity index (χ0v) is 10.5. The van der Waals surface area contributed by atoms with Gasteiger partial charge in [0.2, 0.25) is 5.79 Å². The molecule has 5 N–H and O–H groups in total. The van der Waals surface area contributed by atoms with E-state index in [-0.39, 0.29) is 0 Å². The van der Waals surface area contributed by atoms with Crippen LogP contribution in [0, 0.1) is 0 Å². The molecule has 0 fully saturated rings. The summed E-state index contributed by atoms with van der Waals surface area (Å²) in [6.45, 7) is 0. The van der Waals surface area contributed by atoms with Crippen LogP contribution in [-0.2, 0) is 5.79 Å². The van der Waals surface area contributed by atoms with Crippen LogP contribution >= 0.6 is 0 Å². The van der Waals surface area contributed by atoms with E-state index < -0.39 is 23.4 Å². The Morgan fingerprint density at radius 2 is 2.05 bits per heavy atom. The maximum absolute atomic E-state index is 12.6. The molecule has 1 unspecified atom stereocenters. The van der Waals surface area contributed by atoms with E-state index in [0.29, 0.717) is 11.3 Å². The van der Waals surface area contributed by atoms with Crippen LogP contribution in [-0.4, -0.2) is 19.1 Å². The summed E-state index contributed by atoms with van der Waals surface area (Å²) in [7, 11) is 1.47. The van der Waals surface area contributed by atoms with Crippen molar-refractivity contribution in [2.75, 3.05) is 7.11 Å². The summed E-state index contributed by atoms with van der Waals surface area (Å²) in [4.78, 5) is 3.72. The summed E-state index contributed by atoms with van der Waals surface area (Å²) in [5.41, 5.74) is 10.7. The highest BCUT2D eigenvalue weighted by molar-refractivity contribution is 5.99. The van der Waals surface area contributed by atoms with Crippen LogP contribution in [0.2, 0.25) is 0 Å². The number of hydrogen-bond donors (Lipinski definition) is 3. The van der Waals surface area contributed by atoms with Crippen molar-refractivity contribution in [3.05, 3.63) is 41.6 Å². The van der Waals surface area contributed by atoms with E-state index in [0.717, 1.165) is 6.20 Å². The number of nitrogens with one attached hydrogen (secondary N) is 1. The quantitative estimate of drug-likeness (QED) is 0.762. The standard InChI is InChI=1S/C12H13F3N4O/c1-20-8-4-2-3-7(5-8)12(17)18-6-9(10(16)19-12)11(13,14)15/h2-6,18H,17H2,1H3,(H2,16,19). The van der Waals surface area contributed by atoms with Gasteiger partial charge in [-0.25, -0.2) is 4.99 Å². The van der Waals surface area contributed by atoms with Crippen LogP contribution in [0.5, 0.6) is 5.75 Å². The van der Waals surface area contributed by atoms with Crippen molar-refractivity contribution in [2.45, 2.75) is 12.0 Å². The van der Waals surface area contributed by atoms with Crippen LogP contribution in [0.1, 0.15) is 5.56 Å². The molecule has 20 heavy (non-hydrogen) atoms. The number of rotatable bonds is 2. The van der Waals surface area contributed by atoms with Crippen molar-refractivity contribution in [2.24, 2.45) is 16.5 Å². The molecule has 108 valence electrons. The highest BCUT2D eigenvalue weighted by atomic mass is 19.4. The van der Waals surface area contributed by atoms with Crippen LogP contribution in [0.4, 0.5) is 13.2 Å². The first-order chi connectivity index (χ1) is 9.26. The summed E-state index contributed by atoms with van der Waals surface area (Å²) >= 11 is 0. The SMILES string of the molecule is COc1cccc(C2(N)N=C(N)C(C(F)(F)F)=CN2)c1. The molecule has 1 heterocycles. The van der Waals surface area contributed by atoms with Gasteiger partial charge < -0.3 is 15.8 Å². The van der Waals surface area contributed by atoms with Crippen molar-refractivity contribution in [1.82, 2.24) is 5.32 Å². The second-order valence-electron chi connectivity index (χ2n) is 4.20. The molecule has 2 rings (SSSR count). The molecular weight excluding hydrogens is 273 g/mol. The maximum Gasteiger partial charge on any atom is 0.421 e. The van der Waals surface area contributed by atoms with Crippen molar-refractivity contribution in [3.8, 4) is 5.75 Å². The van der Waals surface area contributed by atoms with Gasteiger partial charge in [-0.3, -0.25) is 5.73 Å². The van der Waals surface area contributed by atoms with E-state index in [2.05, 4.69) is 10.3 Å². The Hall–Kier alpha value is -2.22. The van der Waals surface area contributed by atoms with Crippen LogP contribution in [0.25, 0.3) is 0 Å². The van der Waals surface area contributed by atoms with Gasteiger partial charge in [-0.15, -0.1) is 0 Å². The van der Waals surface area contributed by atoms with E-state index in [1.165, 1.54) is 7.11 Å². The molecule has 0 saturated heterocycles. The lowest BCUT2D eigenvalue weighted by molar-refractivity contribution is -0.0870. The normalized spacial score (nSPS) is 22.6. The van der Waals surface area contributed by atoms with Crippen LogP contribution in [0.15, 0.2) is 41.0 Å². The molecule has 1 aliphatic heterocycles. The number of nitrogens with two attached hydrogens (primary N) is 2. The van der Waals surface area contributed by atoms with E-state index in [1.807, 2.05) is 0 Å². The monoisotopic (exact) mass is 286 g/mol. The molecule has 1 aromatic rings. The fraction of sp³-hybridized carbons (Fsp3) is 0.250. The first kappa shape index (κ1) is 14.2. The summed E-state index contributed by atoms with van der Waals surface area (Å²) < 4.78 is 42.9. The average Bonchev–Trinajstić information content (AvgIpc) is 2.37. The van der Waals surface area contributed by atoms with Crippen molar-refractivity contribution in [3.63, 3.8) is 0 Å². The first-order valence-corrected chi connectivity index (χ1v) is 5.60. The Kier molecular flexibility index (Phi) is 3.34. The van der Waals surface area contributed by atoms with E-state index in [4.69, 9.17) is 16.2 Å². The third kappa shape index (κ3) is 2.55. The highest BCUT2D eigenvalue weighted by Crippen LogP contribution is 2.30. The summed E-state index contributed by atoms with van der Waals surface area (Å²) in [6, 6.07) is 6.51. The van der Waals surface area contributed by atoms with Crippen molar-refractivity contribution >= 4 is 5.84 Å². The molecule has 8 heteroatoms. The lowest BCUT2D eigenvalue weighted by atomic mass is 10.1. The lowest BCUT2D eigenvalue weighted by Gasteiger charge is -2.31. The Morgan fingerprint density at radius 3 is 2.60 bits per heavy atom. The lowest BCUT2D eigenvalue weighted by Crippen LogP contribution is -2.51. The number of nitrogens with zero attached hydrogens (tertiary/aromatic N) is 1. The number of aliphatic imine (C=N–C) groups is 1. The second-order valence-corrected chi connectivity index (χ2v) is 4.20. The van der Waals surface area contributed by atoms with Gasteiger partial charge in [0, 0.05) is 11.8 Å². The Bertz CT molecular complexity index is 582. The Balaban J connectivity index is 2.37. The molecule has 0 radical (unpaired) electrons. The fourth-order valence-corrected chi connectivity index (χ4v) is 1.77. The molecule has 5 nitrogen and oxygen atoms in total. The van der Waals surface area contributed by atoms with E-state index >= 15 is 0 Å². The molecular formula is C12H13F3N4O. The van der Waals surface area contributed by atoms with Crippen LogP contribution in [0.3, 0.4) is 0 Å². The smallest absolute Gasteiger partial charge is 0.421 e. The van der Waals surface area contributed by atoms with E-state index in [1.54, 1.807) is 24.3 Å². The number of amidine groups is 1. The molecule has 0 aliphatic carbocycles. The Morgan fingerprint density at radius 1 is 1.35 bits per heavy atom.